The van der Waals surface area contributed by atoms with Crippen LogP contribution >= 0.6 is 0 Å². The summed E-state index contributed by atoms with van der Waals surface area (Å²) >= 11 is 0. The van der Waals surface area contributed by atoms with Crippen LogP contribution in [-0.4, -0.2) is 39.2 Å². The average Bonchev–Trinajstić information content (AvgIpc) is 2.59. The summed E-state index contributed by atoms with van der Waals surface area (Å²) in [6.07, 6.45) is -0.120. The maximum atomic E-state index is 11.9. The van der Waals surface area contributed by atoms with Crippen LogP contribution in [0.5, 0.6) is 5.75 Å². The van der Waals surface area contributed by atoms with Crippen molar-refractivity contribution in [1.82, 2.24) is 0 Å². The molecule has 0 bridgehead atoms. The molecule has 0 unspecified atom stereocenters. The van der Waals surface area contributed by atoms with Crippen LogP contribution in [-0.2, 0) is 23.8 Å². The lowest BCUT2D eigenvalue weighted by Crippen LogP contribution is -2.39. The molecule has 24 heavy (non-hydrogen) atoms. The first-order valence-corrected chi connectivity index (χ1v) is 6.99. The van der Waals surface area contributed by atoms with Crippen LogP contribution in [0.3, 0.4) is 0 Å². The molecule has 0 fully saturated rings. The fourth-order valence-electron chi connectivity index (χ4n) is 2.05. The van der Waals surface area contributed by atoms with E-state index in [1.54, 1.807) is 12.1 Å². The SMILES string of the molecule is C=C(CC(C)(C(=O)OC)C(=O)OC)Oc1ccc(C(=O)OC)cc1. The number of carbonyl (C=O) groups excluding carboxylic acids is 3. The molecule has 0 aliphatic rings. The topological polar surface area (TPSA) is 88.1 Å². The highest BCUT2D eigenvalue weighted by molar-refractivity contribution is 5.99. The Bertz CT molecular complexity index is 615. The van der Waals surface area contributed by atoms with Gasteiger partial charge in [0, 0.05) is 6.42 Å². The van der Waals surface area contributed by atoms with Gasteiger partial charge in [0.2, 0.25) is 0 Å². The Morgan fingerprint density at radius 3 is 1.88 bits per heavy atom. The molecule has 0 heterocycles. The lowest BCUT2D eigenvalue weighted by atomic mass is 9.86. The lowest BCUT2D eigenvalue weighted by molar-refractivity contribution is -0.168. The zero-order valence-electron chi connectivity index (χ0n) is 14.1. The van der Waals surface area contributed by atoms with E-state index >= 15 is 0 Å². The second kappa shape index (κ2) is 8.14. The molecule has 130 valence electrons. The van der Waals surface area contributed by atoms with Gasteiger partial charge in [-0.3, -0.25) is 9.59 Å². The van der Waals surface area contributed by atoms with Crippen molar-refractivity contribution in [3.63, 3.8) is 0 Å². The van der Waals surface area contributed by atoms with Gasteiger partial charge in [-0.15, -0.1) is 0 Å². The van der Waals surface area contributed by atoms with Crippen LogP contribution in [0.4, 0.5) is 0 Å². The molecule has 0 saturated heterocycles. The summed E-state index contributed by atoms with van der Waals surface area (Å²) in [5.41, 5.74) is -1.20. The first-order chi connectivity index (χ1) is 11.3. The highest BCUT2D eigenvalue weighted by Gasteiger charge is 2.44. The first-order valence-electron chi connectivity index (χ1n) is 6.99. The zero-order valence-corrected chi connectivity index (χ0v) is 14.1. The van der Waals surface area contributed by atoms with E-state index < -0.39 is 23.3 Å². The molecule has 0 aromatic heterocycles. The lowest BCUT2D eigenvalue weighted by Gasteiger charge is -2.24. The fourth-order valence-corrected chi connectivity index (χ4v) is 2.05. The van der Waals surface area contributed by atoms with Crippen molar-refractivity contribution in [1.29, 1.82) is 0 Å². The van der Waals surface area contributed by atoms with Crippen LogP contribution in [0.1, 0.15) is 23.7 Å². The van der Waals surface area contributed by atoms with Crippen LogP contribution in [0, 0.1) is 5.41 Å². The molecule has 0 amide bonds. The van der Waals surface area contributed by atoms with Crippen molar-refractivity contribution in [3.05, 3.63) is 42.2 Å². The van der Waals surface area contributed by atoms with Gasteiger partial charge in [-0.2, -0.15) is 0 Å². The van der Waals surface area contributed by atoms with E-state index in [1.807, 2.05) is 0 Å². The highest BCUT2D eigenvalue weighted by Crippen LogP contribution is 2.30. The van der Waals surface area contributed by atoms with Gasteiger partial charge in [-0.05, 0) is 31.2 Å². The second-order valence-electron chi connectivity index (χ2n) is 5.15. The largest absolute Gasteiger partial charge is 0.468 e. The molecule has 0 atom stereocenters. The van der Waals surface area contributed by atoms with Crippen LogP contribution in [0.2, 0.25) is 0 Å². The summed E-state index contributed by atoms with van der Waals surface area (Å²) in [5.74, 6) is -1.41. The highest BCUT2D eigenvalue weighted by atomic mass is 16.5. The standard InChI is InChI=1S/C17H20O7/c1-11(10-17(2,15(19)22-4)16(20)23-5)24-13-8-6-12(7-9-13)14(18)21-3/h6-9H,1,10H2,2-5H3. The Balaban J connectivity index is 2.85. The number of carbonyl (C=O) groups is 3. The summed E-state index contributed by atoms with van der Waals surface area (Å²) in [4.78, 5) is 35.2. The van der Waals surface area contributed by atoms with Gasteiger partial charge in [0.05, 0.1) is 32.7 Å². The number of hydrogen-bond acceptors (Lipinski definition) is 7. The van der Waals surface area contributed by atoms with Gasteiger partial charge in [0.1, 0.15) is 5.75 Å². The summed E-state index contributed by atoms with van der Waals surface area (Å²) < 4.78 is 19.4. The van der Waals surface area contributed by atoms with Crippen molar-refractivity contribution in [2.24, 2.45) is 5.41 Å². The minimum atomic E-state index is -1.56. The quantitative estimate of drug-likeness (QED) is 0.326. The van der Waals surface area contributed by atoms with Crippen molar-refractivity contribution < 1.29 is 33.3 Å². The minimum absolute atomic E-state index is 0.120. The molecule has 0 aliphatic carbocycles. The second-order valence-corrected chi connectivity index (χ2v) is 5.15. The summed E-state index contributed by atoms with van der Waals surface area (Å²) in [5, 5.41) is 0. The first kappa shape index (κ1) is 19.2. The van der Waals surface area contributed by atoms with Gasteiger partial charge >= 0.3 is 17.9 Å². The third kappa shape index (κ3) is 4.34. The molecule has 0 radical (unpaired) electrons. The predicted molar refractivity (Wildman–Crippen MR) is 84.3 cm³/mol. The molecule has 0 aliphatic heterocycles. The fraction of sp³-hybridized carbons (Fsp3) is 0.353. The van der Waals surface area contributed by atoms with E-state index in [1.165, 1.54) is 40.4 Å². The molecule has 1 aromatic carbocycles. The molecule has 1 aromatic rings. The van der Waals surface area contributed by atoms with Gasteiger partial charge in [0.25, 0.3) is 0 Å². The minimum Gasteiger partial charge on any atom is -0.468 e. The van der Waals surface area contributed by atoms with Gasteiger partial charge < -0.3 is 18.9 Å². The van der Waals surface area contributed by atoms with Crippen molar-refractivity contribution >= 4 is 17.9 Å². The Morgan fingerprint density at radius 1 is 0.958 bits per heavy atom. The number of methoxy groups -OCH3 is 3. The smallest absolute Gasteiger partial charge is 0.337 e. The summed E-state index contributed by atoms with van der Waals surface area (Å²) in [6, 6.07) is 6.14. The van der Waals surface area contributed by atoms with Crippen LogP contribution < -0.4 is 4.74 Å². The Labute approximate surface area is 140 Å². The number of ether oxygens (including phenoxy) is 4. The van der Waals surface area contributed by atoms with E-state index in [0.29, 0.717) is 11.3 Å². The zero-order chi connectivity index (χ0) is 18.3. The number of hydrogen-bond donors (Lipinski definition) is 0. The van der Waals surface area contributed by atoms with E-state index in [0.717, 1.165) is 0 Å². The van der Waals surface area contributed by atoms with Crippen molar-refractivity contribution in [2.45, 2.75) is 13.3 Å². The maximum absolute atomic E-state index is 11.9. The van der Waals surface area contributed by atoms with Crippen molar-refractivity contribution in [2.75, 3.05) is 21.3 Å². The van der Waals surface area contributed by atoms with Gasteiger partial charge in [-0.25, -0.2) is 4.79 Å². The van der Waals surface area contributed by atoms with Crippen molar-refractivity contribution in [3.8, 4) is 5.75 Å². The molecule has 7 nitrogen and oxygen atoms in total. The normalized spacial score (nSPS) is 10.5. The monoisotopic (exact) mass is 336 g/mol. The van der Waals surface area contributed by atoms with E-state index in [2.05, 4.69) is 20.8 Å². The Hall–Kier alpha value is -2.83. The maximum Gasteiger partial charge on any atom is 0.337 e. The summed E-state index contributed by atoms with van der Waals surface area (Å²) in [7, 11) is 3.65. The molecule has 0 saturated carbocycles. The Morgan fingerprint density at radius 2 is 1.46 bits per heavy atom. The van der Waals surface area contributed by atoms with Crippen LogP contribution in [0.15, 0.2) is 36.6 Å². The average molecular weight is 336 g/mol. The molecule has 0 N–H and O–H groups in total. The van der Waals surface area contributed by atoms with E-state index in [4.69, 9.17) is 4.74 Å². The molecule has 0 spiro atoms. The van der Waals surface area contributed by atoms with Gasteiger partial charge in [-0.1, -0.05) is 6.58 Å². The third-order valence-electron chi connectivity index (χ3n) is 3.36. The molecular weight excluding hydrogens is 316 g/mol. The number of allylic oxidation sites excluding steroid dienone is 1. The molecular formula is C17H20O7. The number of esters is 3. The van der Waals surface area contributed by atoms with Crippen LogP contribution in [0.25, 0.3) is 0 Å². The summed E-state index contributed by atoms with van der Waals surface area (Å²) in [6.45, 7) is 5.10. The van der Waals surface area contributed by atoms with E-state index in [-0.39, 0.29) is 12.2 Å². The number of benzene rings is 1. The number of rotatable bonds is 7. The molecule has 1 rings (SSSR count). The van der Waals surface area contributed by atoms with Gasteiger partial charge in [0.15, 0.2) is 5.41 Å². The van der Waals surface area contributed by atoms with E-state index in [9.17, 15) is 14.4 Å². The predicted octanol–water partition coefficient (Wildman–Crippen LogP) is 2.11. The third-order valence-corrected chi connectivity index (χ3v) is 3.36. The molecule has 7 heteroatoms. The Kier molecular flexibility index (Phi) is 6.52.